The van der Waals surface area contributed by atoms with Crippen molar-refractivity contribution in [3.05, 3.63) is 65.7 Å². The van der Waals surface area contributed by atoms with Gasteiger partial charge in [0.2, 0.25) is 0 Å². The molecule has 1 heterocycles. The van der Waals surface area contributed by atoms with Crippen molar-refractivity contribution in [3.63, 3.8) is 0 Å². The number of carbonyl (C=O) groups excluding carboxylic acids is 2. The average Bonchev–Trinajstić information content (AvgIpc) is 2.56. The number of benzene rings is 2. The van der Waals surface area contributed by atoms with Gasteiger partial charge in [0.15, 0.2) is 0 Å². The van der Waals surface area contributed by atoms with Crippen LogP contribution in [0.25, 0.3) is 22.2 Å². The molecule has 0 unspecified atom stereocenters. The standard InChI is InChI=1S/C17H14N.C5H8O2.Ir/c1-12-7-8-15(11-13(12)2)17-10-9-14-5-3-4-6-16(14)18-17;1-4(6)3-5(2)7;/h3-7,9-11H,1-2H3;3H2,1-2H3;/q-1;;. The Morgan fingerprint density at radius 1 is 0.962 bits per heavy atom. The summed E-state index contributed by atoms with van der Waals surface area (Å²) in [5.41, 5.74) is 5.61. The van der Waals surface area contributed by atoms with Gasteiger partial charge in [-0.15, -0.1) is 34.9 Å². The first kappa shape index (κ1) is 21.9. The molecule has 0 fully saturated rings. The van der Waals surface area contributed by atoms with E-state index in [1.807, 2.05) is 24.3 Å². The van der Waals surface area contributed by atoms with Crippen LogP contribution in [-0.4, -0.2) is 16.6 Å². The Labute approximate surface area is 168 Å². The fourth-order valence-corrected chi connectivity index (χ4v) is 2.39. The molecular weight excluding hydrogens is 502 g/mol. The Hall–Kier alpha value is -2.16. The third kappa shape index (κ3) is 6.29. The van der Waals surface area contributed by atoms with Crippen LogP contribution in [0.1, 0.15) is 31.4 Å². The maximum absolute atomic E-state index is 10.0. The van der Waals surface area contributed by atoms with Crippen molar-refractivity contribution in [1.29, 1.82) is 0 Å². The van der Waals surface area contributed by atoms with Gasteiger partial charge >= 0.3 is 0 Å². The van der Waals surface area contributed by atoms with E-state index in [2.05, 4.69) is 49.2 Å². The smallest absolute Gasteiger partial charge is 0.137 e. The predicted octanol–water partition coefficient (Wildman–Crippen LogP) is 4.87. The summed E-state index contributed by atoms with van der Waals surface area (Å²) >= 11 is 0. The number of carbonyl (C=O) groups is 2. The zero-order valence-corrected chi connectivity index (χ0v) is 17.8. The predicted molar refractivity (Wildman–Crippen MR) is 101 cm³/mol. The number of hydrogen-bond donors (Lipinski definition) is 0. The van der Waals surface area contributed by atoms with E-state index >= 15 is 0 Å². The molecule has 0 saturated carbocycles. The zero-order chi connectivity index (χ0) is 18.4. The summed E-state index contributed by atoms with van der Waals surface area (Å²) in [6.07, 6.45) is 0.0833. The van der Waals surface area contributed by atoms with Gasteiger partial charge in [0.1, 0.15) is 11.6 Å². The fraction of sp³-hybridized carbons (Fsp3) is 0.227. The van der Waals surface area contributed by atoms with Crippen LogP contribution in [-0.2, 0) is 29.7 Å². The van der Waals surface area contributed by atoms with Crippen molar-refractivity contribution in [2.75, 3.05) is 0 Å². The molecule has 0 saturated heterocycles. The van der Waals surface area contributed by atoms with Crippen LogP contribution in [0.5, 0.6) is 0 Å². The van der Waals surface area contributed by atoms with Crippen molar-refractivity contribution < 1.29 is 29.7 Å². The Bertz CT molecular complexity index is 907. The van der Waals surface area contributed by atoms with Gasteiger partial charge in [0.25, 0.3) is 0 Å². The Morgan fingerprint density at radius 2 is 1.62 bits per heavy atom. The molecule has 3 aromatic rings. The second kappa shape index (κ2) is 10.1. The number of para-hydroxylation sites is 1. The topological polar surface area (TPSA) is 47.0 Å². The Balaban J connectivity index is 0.000000366. The average molecular weight is 525 g/mol. The second-order valence-corrected chi connectivity index (χ2v) is 6.18. The van der Waals surface area contributed by atoms with Crippen molar-refractivity contribution in [2.24, 2.45) is 0 Å². The van der Waals surface area contributed by atoms with Crippen molar-refractivity contribution in [3.8, 4) is 11.3 Å². The van der Waals surface area contributed by atoms with Gasteiger partial charge < -0.3 is 0 Å². The third-order valence-electron chi connectivity index (χ3n) is 3.80. The van der Waals surface area contributed by atoms with Crippen LogP contribution in [0.15, 0.2) is 48.5 Å². The molecule has 0 N–H and O–H groups in total. The monoisotopic (exact) mass is 525 g/mol. The number of rotatable bonds is 3. The van der Waals surface area contributed by atoms with Gasteiger partial charge in [-0.3, -0.25) is 14.6 Å². The van der Waals surface area contributed by atoms with Crippen LogP contribution in [0.4, 0.5) is 0 Å². The SMILES string of the molecule is CC(=O)CC(C)=O.Cc1c[c-]c(-c2ccc3ccccc3n2)cc1C.[Ir]. The van der Waals surface area contributed by atoms with Gasteiger partial charge in [0, 0.05) is 20.1 Å². The zero-order valence-electron chi connectivity index (χ0n) is 15.4. The summed E-state index contributed by atoms with van der Waals surface area (Å²) < 4.78 is 0. The van der Waals surface area contributed by atoms with Gasteiger partial charge in [0.05, 0.1) is 11.9 Å². The van der Waals surface area contributed by atoms with Crippen LogP contribution >= 0.6 is 0 Å². The molecule has 2 aromatic carbocycles. The second-order valence-electron chi connectivity index (χ2n) is 6.18. The number of aryl methyl sites for hydroxylation is 2. The van der Waals surface area contributed by atoms with E-state index in [9.17, 15) is 9.59 Å². The molecular formula is C22H22IrNO2-. The van der Waals surface area contributed by atoms with Gasteiger partial charge in [-0.05, 0) is 31.0 Å². The van der Waals surface area contributed by atoms with Crippen LogP contribution in [0.2, 0.25) is 0 Å². The molecule has 26 heavy (non-hydrogen) atoms. The molecule has 0 aliphatic rings. The first-order chi connectivity index (χ1) is 11.9. The molecule has 0 spiro atoms. The summed E-state index contributed by atoms with van der Waals surface area (Å²) in [7, 11) is 0. The van der Waals surface area contributed by atoms with E-state index < -0.39 is 0 Å². The molecule has 0 aliphatic heterocycles. The molecule has 3 rings (SSSR count). The van der Waals surface area contributed by atoms with E-state index in [0.29, 0.717) is 0 Å². The fourth-order valence-electron chi connectivity index (χ4n) is 2.39. The molecule has 0 bridgehead atoms. The number of Topliss-reactive ketones (excluding diaryl/α,β-unsaturated/α-hetero) is 2. The molecule has 3 nitrogen and oxygen atoms in total. The van der Waals surface area contributed by atoms with E-state index in [1.165, 1.54) is 30.4 Å². The Morgan fingerprint density at radius 3 is 2.19 bits per heavy atom. The molecule has 0 atom stereocenters. The minimum absolute atomic E-state index is 0. The van der Waals surface area contributed by atoms with Crippen LogP contribution < -0.4 is 0 Å². The molecule has 0 amide bonds. The van der Waals surface area contributed by atoms with Crippen LogP contribution in [0.3, 0.4) is 0 Å². The summed E-state index contributed by atoms with van der Waals surface area (Å²) in [4.78, 5) is 24.8. The molecule has 0 aliphatic carbocycles. The number of nitrogens with zero attached hydrogens (tertiary/aromatic N) is 1. The summed E-state index contributed by atoms with van der Waals surface area (Å²) in [6, 6.07) is 19.8. The van der Waals surface area contributed by atoms with Gasteiger partial charge in [-0.25, -0.2) is 0 Å². The number of pyridine rings is 1. The van der Waals surface area contributed by atoms with Crippen molar-refractivity contribution in [1.82, 2.24) is 4.98 Å². The van der Waals surface area contributed by atoms with Crippen LogP contribution in [0, 0.1) is 19.9 Å². The van der Waals surface area contributed by atoms with E-state index in [0.717, 1.165) is 16.8 Å². The minimum atomic E-state index is -0.0625. The van der Waals surface area contributed by atoms with Crippen molar-refractivity contribution >= 4 is 22.5 Å². The summed E-state index contributed by atoms with van der Waals surface area (Å²) in [6.45, 7) is 7.03. The molecule has 1 aromatic heterocycles. The number of aromatic nitrogens is 1. The maximum Gasteiger partial charge on any atom is 0.137 e. The van der Waals surface area contributed by atoms with Gasteiger partial charge in [-0.2, -0.15) is 0 Å². The Kier molecular flexibility index (Phi) is 8.50. The first-order valence-corrected chi connectivity index (χ1v) is 8.21. The van der Waals surface area contributed by atoms with Gasteiger partial charge in [-0.1, -0.05) is 44.2 Å². The number of hydrogen-bond acceptors (Lipinski definition) is 3. The normalized spacial score (nSPS) is 9.69. The molecule has 137 valence electrons. The third-order valence-corrected chi connectivity index (χ3v) is 3.80. The quantitative estimate of drug-likeness (QED) is 0.363. The van der Waals surface area contributed by atoms with Crippen molar-refractivity contribution in [2.45, 2.75) is 34.1 Å². The van der Waals surface area contributed by atoms with E-state index in [1.54, 1.807) is 0 Å². The first-order valence-electron chi connectivity index (χ1n) is 8.21. The largest absolute Gasteiger partial charge is 0.300 e. The van der Waals surface area contributed by atoms with E-state index in [4.69, 9.17) is 0 Å². The summed E-state index contributed by atoms with van der Waals surface area (Å²) in [5, 5.41) is 1.17. The molecule has 4 heteroatoms. The number of ketones is 2. The maximum atomic E-state index is 10.0. The van der Waals surface area contributed by atoms with E-state index in [-0.39, 0.29) is 38.1 Å². The minimum Gasteiger partial charge on any atom is -0.300 e. The summed E-state index contributed by atoms with van der Waals surface area (Å²) in [5.74, 6) is -0.125. The number of fused-ring (bicyclic) bond motifs is 1. The molecule has 1 radical (unpaired) electrons.